The van der Waals surface area contributed by atoms with Crippen LogP contribution >= 0.6 is 0 Å². The van der Waals surface area contributed by atoms with Crippen molar-refractivity contribution in [3.63, 3.8) is 0 Å². The number of hydrogen-bond acceptors (Lipinski definition) is 5. The Morgan fingerprint density at radius 3 is 2.69 bits per heavy atom. The van der Waals surface area contributed by atoms with Gasteiger partial charge in [-0.2, -0.15) is 0 Å². The standard InChI is InChI=1S/C7H19N5O/c1-10-3-4-11-6-7(13)12(9)5-2-8/h10-11H,2-6,8-9H2,1H3. The van der Waals surface area contributed by atoms with Crippen LogP contribution in [0.1, 0.15) is 0 Å². The van der Waals surface area contributed by atoms with Crippen LogP contribution in [0.2, 0.25) is 0 Å². The Labute approximate surface area is 78.6 Å². The first kappa shape index (κ1) is 12.3. The fourth-order valence-corrected chi connectivity index (χ4v) is 0.774. The molecule has 0 unspecified atom stereocenters. The minimum absolute atomic E-state index is 0.137. The molecule has 0 aromatic rings. The van der Waals surface area contributed by atoms with Gasteiger partial charge in [0.2, 0.25) is 5.91 Å². The van der Waals surface area contributed by atoms with Crippen LogP contribution < -0.4 is 22.2 Å². The number of carbonyl (C=O) groups excluding carboxylic acids is 1. The fourth-order valence-electron chi connectivity index (χ4n) is 0.774. The van der Waals surface area contributed by atoms with Crippen LogP contribution in [0.3, 0.4) is 0 Å². The molecule has 1 amide bonds. The number of hydrogen-bond donors (Lipinski definition) is 4. The van der Waals surface area contributed by atoms with Crippen LogP contribution in [0.4, 0.5) is 0 Å². The summed E-state index contributed by atoms with van der Waals surface area (Å²) in [4.78, 5) is 11.2. The van der Waals surface area contributed by atoms with Gasteiger partial charge in [0, 0.05) is 26.2 Å². The average molecular weight is 189 g/mol. The van der Waals surface area contributed by atoms with Gasteiger partial charge in [0.15, 0.2) is 0 Å². The van der Waals surface area contributed by atoms with Crippen LogP contribution in [-0.2, 0) is 4.79 Å². The molecule has 0 fully saturated rings. The van der Waals surface area contributed by atoms with E-state index in [0.29, 0.717) is 13.1 Å². The molecule has 0 atom stereocenters. The number of nitrogens with one attached hydrogen (secondary N) is 2. The van der Waals surface area contributed by atoms with Gasteiger partial charge in [0.25, 0.3) is 0 Å². The summed E-state index contributed by atoms with van der Waals surface area (Å²) >= 11 is 0. The Balaban J connectivity index is 3.38. The van der Waals surface area contributed by atoms with Gasteiger partial charge in [0.1, 0.15) is 0 Å². The minimum atomic E-state index is -0.137. The Hall–Kier alpha value is -0.690. The minimum Gasteiger partial charge on any atom is -0.329 e. The predicted molar refractivity (Wildman–Crippen MR) is 51.8 cm³/mol. The lowest BCUT2D eigenvalue weighted by molar-refractivity contribution is -0.130. The maximum Gasteiger partial charge on any atom is 0.250 e. The molecule has 0 aliphatic carbocycles. The van der Waals surface area contributed by atoms with Crippen molar-refractivity contribution in [2.45, 2.75) is 0 Å². The Bertz CT molecular complexity index is 141. The molecule has 13 heavy (non-hydrogen) atoms. The summed E-state index contributed by atoms with van der Waals surface area (Å²) in [6.07, 6.45) is 0. The van der Waals surface area contributed by atoms with E-state index in [1.807, 2.05) is 7.05 Å². The van der Waals surface area contributed by atoms with Crippen molar-refractivity contribution >= 4 is 5.91 Å². The largest absolute Gasteiger partial charge is 0.329 e. The topological polar surface area (TPSA) is 96.4 Å². The summed E-state index contributed by atoms with van der Waals surface area (Å²) < 4.78 is 0. The molecule has 6 nitrogen and oxygen atoms in total. The van der Waals surface area contributed by atoms with E-state index in [4.69, 9.17) is 11.6 Å². The average Bonchev–Trinajstić information content (AvgIpc) is 2.12. The maximum atomic E-state index is 11.2. The Morgan fingerprint density at radius 1 is 1.46 bits per heavy atom. The zero-order valence-corrected chi connectivity index (χ0v) is 8.05. The van der Waals surface area contributed by atoms with E-state index >= 15 is 0 Å². The van der Waals surface area contributed by atoms with Gasteiger partial charge in [0.05, 0.1) is 6.54 Å². The lowest BCUT2D eigenvalue weighted by Crippen LogP contribution is -2.45. The van der Waals surface area contributed by atoms with E-state index in [1.165, 1.54) is 0 Å². The molecule has 0 aliphatic rings. The van der Waals surface area contributed by atoms with E-state index in [1.54, 1.807) is 0 Å². The van der Waals surface area contributed by atoms with E-state index in [2.05, 4.69) is 10.6 Å². The highest BCUT2D eigenvalue weighted by Gasteiger charge is 2.06. The molecule has 78 valence electrons. The summed E-state index contributed by atoms with van der Waals surface area (Å²) in [6, 6.07) is 0. The molecule has 0 heterocycles. The maximum absolute atomic E-state index is 11.2. The lowest BCUT2D eigenvalue weighted by Gasteiger charge is -2.15. The van der Waals surface area contributed by atoms with Gasteiger partial charge >= 0.3 is 0 Å². The zero-order valence-electron chi connectivity index (χ0n) is 8.05. The van der Waals surface area contributed by atoms with E-state index in [0.717, 1.165) is 18.1 Å². The number of likely N-dealkylation sites (N-methyl/N-ethyl adjacent to an activating group) is 1. The molecule has 6 N–H and O–H groups in total. The van der Waals surface area contributed by atoms with Crippen molar-refractivity contribution in [2.75, 3.05) is 39.8 Å². The number of amides is 1. The molecule has 0 saturated heterocycles. The first-order valence-corrected chi connectivity index (χ1v) is 4.32. The normalized spacial score (nSPS) is 10.1. The second-order valence-electron chi connectivity index (χ2n) is 2.66. The molecular weight excluding hydrogens is 170 g/mol. The van der Waals surface area contributed by atoms with Gasteiger partial charge in [-0.05, 0) is 7.05 Å². The number of nitrogens with two attached hydrogens (primary N) is 2. The third kappa shape index (κ3) is 6.47. The van der Waals surface area contributed by atoms with Crippen LogP contribution in [0.25, 0.3) is 0 Å². The lowest BCUT2D eigenvalue weighted by atomic mass is 10.5. The quantitative estimate of drug-likeness (QED) is 0.153. The van der Waals surface area contributed by atoms with Crippen LogP contribution in [0, 0.1) is 0 Å². The SMILES string of the molecule is CNCCNCC(=O)N(N)CCN. The third-order valence-electron chi connectivity index (χ3n) is 1.52. The Morgan fingerprint density at radius 2 is 2.15 bits per heavy atom. The smallest absolute Gasteiger partial charge is 0.250 e. The van der Waals surface area contributed by atoms with Crippen molar-refractivity contribution in [3.05, 3.63) is 0 Å². The van der Waals surface area contributed by atoms with Crippen LogP contribution in [0.5, 0.6) is 0 Å². The number of nitrogens with zero attached hydrogens (tertiary/aromatic N) is 1. The van der Waals surface area contributed by atoms with Gasteiger partial charge < -0.3 is 16.4 Å². The summed E-state index contributed by atoms with van der Waals surface area (Å²) in [7, 11) is 1.85. The molecule has 0 saturated carbocycles. The first-order chi connectivity index (χ1) is 6.22. The van der Waals surface area contributed by atoms with Crippen molar-refractivity contribution < 1.29 is 4.79 Å². The molecule has 0 spiro atoms. The second kappa shape index (κ2) is 7.93. The number of hydrazine groups is 1. The summed E-state index contributed by atoms with van der Waals surface area (Å²) in [5.74, 6) is 5.25. The van der Waals surface area contributed by atoms with Crippen molar-refractivity contribution in [3.8, 4) is 0 Å². The van der Waals surface area contributed by atoms with E-state index < -0.39 is 0 Å². The monoisotopic (exact) mass is 189 g/mol. The fraction of sp³-hybridized carbons (Fsp3) is 0.857. The highest BCUT2D eigenvalue weighted by atomic mass is 16.2. The molecule has 0 aromatic carbocycles. The Kier molecular flexibility index (Phi) is 7.51. The van der Waals surface area contributed by atoms with Crippen molar-refractivity contribution in [1.82, 2.24) is 15.6 Å². The second-order valence-corrected chi connectivity index (χ2v) is 2.66. The predicted octanol–water partition coefficient (Wildman–Crippen LogP) is -2.54. The van der Waals surface area contributed by atoms with Crippen LogP contribution in [-0.4, -0.2) is 50.7 Å². The third-order valence-corrected chi connectivity index (χ3v) is 1.52. The highest BCUT2D eigenvalue weighted by Crippen LogP contribution is 1.76. The molecule has 0 bridgehead atoms. The van der Waals surface area contributed by atoms with Gasteiger partial charge in [-0.25, -0.2) is 5.84 Å². The summed E-state index contributed by atoms with van der Waals surface area (Å²) in [6.45, 7) is 2.62. The van der Waals surface area contributed by atoms with E-state index in [-0.39, 0.29) is 12.5 Å². The van der Waals surface area contributed by atoms with Gasteiger partial charge in [-0.1, -0.05) is 0 Å². The number of carbonyl (C=O) groups is 1. The summed E-state index contributed by atoms with van der Waals surface area (Å²) in [5.41, 5.74) is 5.24. The van der Waals surface area contributed by atoms with Gasteiger partial charge in [-0.15, -0.1) is 0 Å². The number of rotatable bonds is 7. The first-order valence-electron chi connectivity index (χ1n) is 4.32. The van der Waals surface area contributed by atoms with E-state index in [9.17, 15) is 4.79 Å². The molecule has 6 heteroatoms. The summed E-state index contributed by atoms with van der Waals surface area (Å²) in [5, 5.41) is 7.04. The molecule has 0 rings (SSSR count). The molecule has 0 radical (unpaired) electrons. The highest BCUT2D eigenvalue weighted by molar-refractivity contribution is 5.77. The molecule has 0 aromatic heterocycles. The molecule has 0 aliphatic heterocycles. The van der Waals surface area contributed by atoms with Crippen LogP contribution in [0.15, 0.2) is 0 Å². The van der Waals surface area contributed by atoms with Gasteiger partial charge in [-0.3, -0.25) is 9.80 Å². The zero-order chi connectivity index (χ0) is 10.1. The molecular formula is C7H19N5O. The van der Waals surface area contributed by atoms with Crippen molar-refractivity contribution in [1.29, 1.82) is 0 Å². The van der Waals surface area contributed by atoms with Crippen molar-refractivity contribution in [2.24, 2.45) is 11.6 Å².